The van der Waals surface area contributed by atoms with E-state index < -0.39 is 11.4 Å². The van der Waals surface area contributed by atoms with Gasteiger partial charge in [-0.3, -0.25) is 4.79 Å². The molecule has 1 saturated carbocycles. The van der Waals surface area contributed by atoms with Crippen LogP contribution >= 0.6 is 0 Å². The molecule has 100 valence electrons. The summed E-state index contributed by atoms with van der Waals surface area (Å²) in [5, 5.41) is 9.35. The van der Waals surface area contributed by atoms with E-state index in [1.807, 2.05) is 0 Å². The molecule has 17 heavy (non-hydrogen) atoms. The van der Waals surface area contributed by atoms with E-state index in [1.165, 1.54) is 6.42 Å². The zero-order chi connectivity index (χ0) is 12.6. The Kier molecular flexibility index (Phi) is 6.52. The van der Waals surface area contributed by atoms with Crippen LogP contribution in [0.2, 0.25) is 0 Å². The van der Waals surface area contributed by atoms with Crippen LogP contribution in [-0.2, 0) is 14.3 Å². The number of carboxylic acids is 1. The summed E-state index contributed by atoms with van der Waals surface area (Å²) >= 11 is 0. The minimum atomic E-state index is -0.641. The van der Waals surface area contributed by atoms with Crippen LogP contribution in [-0.4, -0.2) is 38.0 Å². The molecule has 1 aliphatic rings. The first-order valence-corrected chi connectivity index (χ1v) is 6.51. The van der Waals surface area contributed by atoms with Crippen molar-refractivity contribution in [3.05, 3.63) is 0 Å². The maximum atomic E-state index is 11.4. The van der Waals surface area contributed by atoms with E-state index in [-0.39, 0.29) is 0 Å². The minimum absolute atomic E-state index is 0.514. The van der Waals surface area contributed by atoms with E-state index in [0.717, 1.165) is 32.1 Å². The van der Waals surface area contributed by atoms with Gasteiger partial charge >= 0.3 is 5.97 Å². The summed E-state index contributed by atoms with van der Waals surface area (Å²) in [4.78, 5) is 11.4. The third kappa shape index (κ3) is 4.64. The van der Waals surface area contributed by atoms with Gasteiger partial charge in [0.1, 0.15) is 0 Å². The van der Waals surface area contributed by atoms with E-state index in [2.05, 4.69) is 0 Å². The third-order valence-electron chi connectivity index (χ3n) is 3.63. The Morgan fingerprint density at radius 3 is 2.47 bits per heavy atom. The van der Waals surface area contributed by atoms with Gasteiger partial charge in [-0.05, 0) is 25.7 Å². The van der Waals surface area contributed by atoms with Crippen molar-refractivity contribution in [1.29, 1.82) is 0 Å². The van der Waals surface area contributed by atoms with Crippen LogP contribution in [0.3, 0.4) is 0 Å². The van der Waals surface area contributed by atoms with Gasteiger partial charge in [0.15, 0.2) is 0 Å². The quantitative estimate of drug-likeness (QED) is 0.666. The number of rotatable bonds is 8. The molecule has 0 spiro atoms. The van der Waals surface area contributed by atoms with E-state index >= 15 is 0 Å². The van der Waals surface area contributed by atoms with Crippen molar-refractivity contribution in [3.8, 4) is 0 Å². The van der Waals surface area contributed by atoms with Gasteiger partial charge in [0, 0.05) is 26.9 Å². The van der Waals surface area contributed by atoms with Crippen LogP contribution in [0.15, 0.2) is 0 Å². The highest BCUT2D eigenvalue weighted by Gasteiger charge is 2.38. The maximum Gasteiger partial charge on any atom is 0.309 e. The number of hydrogen-bond donors (Lipinski definition) is 1. The fourth-order valence-corrected chi connectivity index (χ4v) is 2.47. The summed E-state index contributed by atoms with van der Waals surface area (Å²) in [6, 6.07) is 0. The lowest BCUT2D eigenvalue weighted by Crippen LogP contribution is -2.34. The second kappa shape index (κ2) is 7.67. The highest BCUT2D eigenvalue weighted by atomic mass is 16.5. The van der Waals surface area contributed by atoms with Crippen LogP contribution in [0.25, 0.3) is 0 Å². The number of ether oxygens (including phenoxy) is 2. The zero-order valence-electron chi connectivity index (χ0n) is 10.7. The number of aliphatic carboxylic acids is 1. The van der Waals surface area contributed by atoms with Crippen molar-refractivity contribution >= 4 is 5.97 Å². The molecule has 0 amide bonds. The maximum absolute atomic E-state index is 11.4. The Hall–Kier alpha value is -0.610. The second-order valence-corrected chi connectivity index (χ2v) is 4.85. The molecule has 0 unspecified atom stereocenters. The Morgan fingerprint density at radius 2 is 1.88 bits per heavy atom. The largest absolute Gasteiger partial charge is 0.481 e. The molecule has 0 aromatic carbocycles. The van der Waals surface area contributed by atoms with Crippen molar-refractivity contribution in [3.63, 3.8) is 0 Å². The predicted molar refractivity (Wildman–Crippen MR) is 65.1 cm³/mol. The molecule has 0 bridgehead atoms. The van der Waals surface area contributed by atoms with Crippen molar-refractivity contribution in [2.45, 2.75) is 44.9 Å². The molecule has 0 heterocycles. The number of carboxylic acid groups (broad SMARTS) is 1. The predicted octanol–water partition coefficient (Wildman–Crippen LogP) is 2.46. The van der Waals surface area contributed by atoms with Gasteiger partial charge in [-0.1, -0.05) is 19.3 Å². The lowest BCUT2D eigenvalue weighted by atomic mass is 9.72. The molecule has 1 fully saturated rings. The van der Waals surface area contributed by atoms with Crippen LogP contribution in [0.1, 0.15) is 44.9 Å². The van der Waals surface area contributed by atoms with Crippen LogP contribution in [0.5, 0.6) is 0 Å². The molecule has 1 aliphatic carbocycles. The lowest BCUT2D eigenvalue weighted by Gasteiger charge is -2.33. The molecule has 0 radical (unpaired) electrons. The average Bonchev–Trinajstić information content (AvgIpc) is 2.34. The highest BCUT2D eigenvalue weighted by Crippen LogP contribution is 2.39. The Balaban J connectivity index is 2.23. The Morgan fingerprint density at radius 1 is 1.18 bits per heavy atom. The van der Waals surface area contributed by atoms with E-state index in [4.69, 9.17) is 9.47 Å². The number of hydrogen-bond acceptors (Lipinski definition) is 3. The molecule has 0 saturated heterocycles. The molecule has 1 rings (SSSR count). The molecule has 0 atom stereocenters. The zero-order valence-corrected chi connectivity index (χ0v) is 10.7. The molecular weight excluding hydrogens is 220 g/mol. The lowest BCUT2D eigenvalue weighted by molar-refractivity contribution is -0.152. The normalized spacial score (nSPS) is 19.1. The molecule has 0 aliphatic heterocycles. The smallest absolute Gasteiger partial charge is 0.309 e. The summed E-state index contributed by atoms with van der Waals surface area (Å²) in [6.45, 7) is 1.91. The molecule has 0 aromatic rings. The third-order valence-corrected chi connectivity index (χ3v) is 3.63. The number of carbonyl (C=O) groups is 1. The first-order valence-electron chi connectivity index (χ1n) is 6.51. The van der Waals surface area contributed by atoms with Crippen LogP contribution in [0, 0.1) is 5.41 Å². The topological polar surface area (TPSA) is 55.8 Å². The van der Waals surface area contributed by atoms with Crippen molar-refractivity contribution < 1.29 is 19.4 Å². The Labute approximate surface area is 103 Å². The van der Waals surface area contributed by atoms with Crippen molar-refractivity contribution in [2.75, 3.05) is 26.9 Å². The average molecular weight is 244 g/mol. The summed E-state index contributed by atoms with van der Waals surface area (Å²) < 4.78 is 10.4. The fourth-order valence-electron chi connectivity index (χ4n) is 2.47. The fraction of sp³-hybridized carbons (Fsp3) is 0.923. The molecule has 1 N–H and O–H groups in total. The SMILES string of the molecule is COCCCOCCC1(C(=O)O)CCCCC1. The second-order valence-electron chi connectivity index (χ2n) is 4.85. The molecule has 4 heteroatoms. The number of methoxy groups -OCH3 is 1. The van der Waals surface area contributed by atoms with E-state index in [9.17, 15) is 9.90 Å². The minimum Gasteiger partial charge on any atom is -0.481 e. The van der Waals surface area contributed by atoms with Gasteiger partial charge in [-0.2, -0.15) is 0 Å². The van der Waals surface area contributed by atoms with Gasteiger partial charge in [-0.15, -0.1) is 0 Å². The first-order chi connectivity index (χ1) is 8.21. The van der Waals surface area contributed by atoms with E-state index in [0.29, 0.717) is 26.2 Å². The van der Waals surface area contributed by atoms with Crippen molar-refractivity contribution in [2.24, 2.45) is 5.41 Å². The van der Waals surface area contributed by atoms with Crippen LogP contribution < -0.4 is 0 Å². The van der Waals surface area contributed by atoms with Gasteiger partial charge in [-0.25, -0.2) is 0 Å². The summed E-state index contributed by atoms with van der Waals surface area (Å²) in [5.74, 6) is -0.641. The van der Waals surface area contributed by atoms with Gasteiger partial charge in [0.2, 0.25) is 0 Å². The van der Waals surface area contributed by atoms with Crippen molar-refractivity contribution in [1.82, 2.24) is 0 Å². The monoisotopic (exact) mass is 244 g/mol. The highest BCUT2D eigenvalue weighted by molar-refractivity contribution is 5.74. The summed E-state index contributed by atoms with van der Waals surface area (Å²) in [6.07, 6.45) is 6.38. The van der Waals surface area contributed by atoms with Gasteiger partial charge < -0.3 is 14.6 Å². The standard InChI is InChI=1S/C13H24O4/c1-16-9-5-10-17-11-8-13(12(14)15)6-3-2-4-7-13/h2-11H2,1H3,(H,14,15). The molecular formula is C13H24O4. The molecule has 0 aromatic heterocycles. The first kappa shape index (κ1) is 14.5. The van der Waals surface area contributed by atoms with Crippen LogP contribution in [0.4, 0.5) is 0 Å². The Bertz CT molecular complexity index is 221. The van der Waals surface area contributed by atoms with Gasteiger partial charge in [0.05, 0.1) is 5.41 Å². The summed E-state index contributed by atoms with van der Waals surface area (Å²) in [5.41, 5.74) is -0.514. The van der Waals surface area contributed by atoms with Gasteiger partial charge in [0.25, 0.3) is 0 Å². The summed E-state index contributed by atoms with van der Waals surface area (Å²) in [7, 11) is 1.67. The van der Waals surface area contributed by atoms with E-state index in [1.54, 1.807) is 7.11 Å². The molecule has 4 nitrogen and oxygen atoms in total.